The fraction of sp³-hybridized carbons (Fsp3) is 0.207. The lowest BCUT2D eigenvalue weighted by molar-refractivity contribution is 0.194. The van der Waals surface area contributed by atoms with E-state index in [0.717, 1.165) is 57.9 Å². The molecule has 2 N–H and O–H groups in total. The number of anilines is 2. The molecule has 7 heteroatoms. The molecule has 5 aromatic rings. The lowest BCUT2D eigenvalue weighted by atomic mass is 10.1. The molecule has 0 saturated carbocycles. The van der Waals surface area contributed by atoms with E-state index >= 15 is 0 Å². The summed E-state index contributed by atoms with van der Waals surface area (Å²) in [7, 11) is 1.96. The highest BCUT2D eigenvalue weighted by molar-refractivity contribution is 5.93. The molecule has 0 radical (unpaired) electrons. The van der Waals surface area contributed by atoms with Crippen molar-refractivity contribution >= 4 is 22.4 Å². The topological polar surface area (TPSA) is 76.9 Å². The summed E-state index contributed by atoms with van der Waals surface area (Å²) in [6, 6.07) is 28.3. The average Bonchev–Trinajstić information content (AvgIpc) is 3.27. The molecule has 7 nitrogen and oxygen atoms in total. The third-order valence-electron chi connectivity index (χ3n) is 6.23. The number of para-hydroxylation sites is 3. The minimum absolute atomic E-state index is 0.0922. The van der Waals surface area contributed by atoms with Crippen LogP contribution in [0.4, 0.5) is 11.5 Å². The van der Waals surface area contributed by atoms with Crippen LogP contribution >= 0.6 is 0 Å². The van der Waals surface area contributed by atoms with Crippen molar-refractivity contribution in [3.8, 4) is 11.4 Å². The van der Waals surface area contributed by atoms with Crippen molar-refractivity contribution in [2.75, 3.05) is 18.9 Å². The zero-order valence-electron chi connectivity index (χ0n) is 20.8. The molecule has 0 spiro atoms. The molecule has 0 bridgehead atoms. The van der Waals surface area contributed by atoms with Gasteiger partial charge in [0.2, 0.25) is 0 Å². The van der Waals surface area contributed by atoms with Crippen LogP contribution in [-0.2, 0) is 0 Å². The molecule has 0 fully saturated rings. The van der Waals surface area contributed by atoms with Crippen LogP contribution in [0, 0.1) is 13.8 Å². The summed E-state index contributed by atoms with van der Waals surface area (Å²) in [5.74, 6) is 1.40. The molecule has 0 aliphatic carbocycles. The average molecular weight is 479 g/mol. The molecular weight excluding hydrogens is 448 g/mol. The molecule has 1 atom stereocenters. The number of hydrogen-bond acceptors (Lipinski definition) is 6. The zero-order valence-corrected chi connectivity index (χ0v) is 20.8. The van der Waals surface area contributed by atoms with Crippen LogP contribution in [0.3, 0.4) is 0 Å². The molecule has 182 valence electrons. The second kappa shape index (κ2) is 10.6. The van der Waals surface area contributed by atoms with Crippen LogP contribution in [0.1, 0.15) is 29.5 Å². The van der Waals surface area contributed by atoms with E-state index in [2.05, 4.69) is 39.9 Å². The van der Waals surface area contributed by atoms with Crippen LogP contribution < -0.4 is 15.4 Å². The number of aromatic nitrogens is 4. The fourth-order valence-corrected chi connectivity index (χ4v) is 4.42. The number of nitrogens with one attached hydrogen (secondary N) is 2. The smallest absolute Gasteiger partial charge is 0.181 e. The van der Waals surface area contributed by atoms with Gasteiger partial charge in [-0.15, -0.1) is 5.10 Å². The first kappa shape index (κ1) is 23.5. The van der Waals surface area contributed by atoms with Gasteiger partial charge in [0.1, 0.15) is 23.1 Å². The first-order valence-corrected chi connectivity index (χ1v) is 12.2. The van der Waals surface area contributed by atoms with Crippen LogP contribution in [0.2, 0.25) is 0 Å². The number of benzene rings is 3. The van der Waals surface area contributed by atoms with Gasteiger partial charge in [0, 0.05) is 12.1 Å². The summed E-state index contributed by atoms with van der Waals surface area (Å²) in [4.78, 5) is 0. The number of aryl methyl sites for hydroxylation is 2. The maximum atomic E-state index is 6.65. The minimum atomic E-state index is -0.0922. The Balaban J connectivity index is 1.56. The Morgan fingerprint density at radius 3 is 2.31 bits per heavy atom. The summed E-state index contributed by atoms with van der Waals surface area (Å²) < 4.78 is 8.58. The van der Waals surface area contributed by atoms with E-state index in [0.29, 0.717) is 5.82 Å². The number of ether oxygens (including phenoxy) is 1. The predicted molar refractivity (Wildman–Crippen MR) is 144 cm³/mol. The normalized spacial score (nSPS) is 12.0. The van der Waals surface area contributed by atoms with E-state index in [1.54, 1.807) is 0 Å². The van der Waals surface area contributed by atoms with Gasteiger partial charge < -0.3 is 15.4 Å². The van der Waals surface area contributed by atoms with E-state index < -0.39 is 0 Å². The first-order valence-electron chi connectivity index (χ1n) is 12.2. The molecule has 2 heterocycles. The van der Waals surface area contributed by atoms with Crippen LogP contribution in [0.15, 0.2) is 84.9 Å². The van der Waals surface area contributed by atoms with Crippen molar-refractivity contribution in [1.29, 1.82) is 0 Å². The SMILES string of the molecule is CNCCC(Oc1ccccc1-n1nc2c(Nc3ccccc3)nnc(C)c2c1C)c1ccccc1. The van der Waals surface area contributed by atoms with E-state index in [1.807, 2.05) is 91.4 Å². The third-order valence-corrected chi connectivity index (χ3v) is 6.23. The summed E-state index contributed by atoms with van der Waals surface area (Å²) in [6.07, 6.45) is 0.748. The van der Waals surface area contributed by atoms with Crippen molar-refractivity contribution < 1.29 is 4.74 Å². The number of hydrogen-bond donors (Lipinski definition) is 2. The van der Waals surface area contributed by atoms with Crippen molar-refractivity contribution in [2.45, 2.75) is 26.4 Å². The molecule has 1 unspecified atom stereocenters. The van der Waals surface area contributed by atoms with E-state index in [1.165, 1.54) is 0 Å². The number of nitrogens with zero attached hydrogens (tertiary/aromatic N) is 4. The van der Waals surface area contributed by atoms with Crippen LogP contribution in [0.5, 0.6) is 5.75 Å². The van der Waals surface area contributed by atoms with Gasteiger partial charge in [0.05, 0.1) is 16.8 Å². The minimum Gasteiger partial charge on any atom is -0.483 e. The van der Waals surface area contributed by atoms with Gasteiger partial charge in [-0.2, -0.15) is 10.2 Å². The summed E-state index contributed by atoms with van der Waals surface area (Å²) in [5.41, 5.74) is 5.54. The molecular formula is C29H30N6O. The molecule has 0 amide bonds. The summed E-state index contributed by atoms with van der Waals surface area (Å²) in [5, 5.41) is 21.4. The van der Waals surface area contributed by atoms with Gasteiger partial charge in [-0.3, -0.25) is 0 Å². The van der Waals surface area contributed by atoms with Crippen molar-refractivity contribution in [3.05, 3.63) is 102 Å². The lowest BCUT2D eigenvalue weighted by Crippen LogP contribution is -2.17. The Morgan fingerprint density at radius 2 is 1.56 bits per heavy atom. The Bertz CT molecular complexity index is 1450. The Hall–Kier alpha value is -4.23. The summed E-state index contributed by atoms with van der Waals surface area (Å²) in [6.45, 7) is 4.87. The van der Waals surface area contributed by atoms with E-state index in [-0.39, 0.29) is 6.10 Å². The predicted octanol–water partition coefficient (Wildman–Crippen LogP) is 5.91. The molecule has 3 aromatic carbocycles. The molecule has 0 aliphatic rings. The molecule has 0 aliphatic heterocycles. The van der Waals surface area contributed by atoms with Crippen molar-refractivity contribution in [3.63, 3.8) is 0 Å². The van der Waals surface area contributed by atoms with Crippen LogP contribution in [0.25, 0.3) is 16.6 Å². The number of rotatable bonds is 9. The van der Waals surface area contributed by atoms with Crippen molar-refractivity contribution in [1.82, 2.24) is 25.3 Å². The fourth-order valence-electron chi connectivity index (χ4n) is 4.42. The van der Waals surface area contributed by atoms with Crippen molar-refractivity contribution in [2.24, 2.45) is 0 Å². The lowest BCUT2D eigenvalue weighted by Gasteiger charge is -2.22. The largest absolute Gasteiger partial charge is 0.483 e. The van der Waals surface area contributed by atoms with Gasteiger partial charge in [-0.1, -0.05) is 60.7 Å². The standard InChI is InChI=1S/C29H30N6O/c1-20-27-21(2)35(34-28(27)29(33-32-20)31-23-14-8-5-9-15-23)24-16-10-11-17-26(24)36-25(18-19-30-3)22-12-6-4-7-13-22/h4-17,25,30H,18-19H2,1-3H3,(H,31,33). The second-order valence-electron chi connectivity index (χ2n) is 8.72. The highest BCUT2D eigenvalue weighted by Crippen LogP contribution is 2.34. The van der Waals surface area contributed by atoms with Gasteiger partial charge in [-0.25, -0.2) is 4.68 Å². The quantitative estimate of drug-likeness (QED) is 0.274. The maximum absolute atomic E-state index is 6.65. The monoisotopic (exact) mass is 478 g/mol. The maximum Gasteiger partial charge on any atom is 0.181 e. The second-order valence-corrected chi connectivity index (χ2v) is 8.72. The van der Waals surface area contributed by atoms with Gasteiger partial charge >= 0.3 is 0 Å². The van der Waals surface area contributed by atoms with E-state index in [4.69, 9.17) is 9.84 Å². The highest BCUT2D eigenvalue weighted by Gasteiger charge is 2.21. The number of fused-ring (bicyclic) bond motifs is 1. The van der Waals surface area contributed by atoms with Crippen LogP contribution in [-0.4, -0.2) is 33.6 Å². The van der Waals surface area contributed by atoms with Gasteiger partial charge in [0.25, 0.3) is 0 Å². The third kappa shape index (κ3) is 4.78. The van der Waals surface area contributed by atoms with E-state index in [9.17, 15) is 0 Å². The Kier molecular flexibility index (Phi) is 6.91. The molecule has 2 aromatic heterocycles. The molecule has 0 saturated heterocycles. The summed E-state index contributed by atoms with van der Waals surface area (Å²) >= 11 is 0. The zero-order chi connectivity index (χ0) is 24.9. The van der Waals surface area contributed by atoms with Gasteiger partial charge in [-0.05, 0) is 57.3 Å². The van der Waals surface area contributed by atoms with Gasteiger partial charge in [0.15, 0.2) is 5.82 Å². The Morgan fingerprint density at radius 1 is 0.861 bits per heavy atom. The molecule has 36 heavy (non-hydrogen) atoms. The first-order chi connectivity index (χ1) is 17.7. The highest BCUT2D eigenvalue weighted by atomic mass is 16.5. The Labute approximate surface area is 211 Å². The molecule has 5 rings (SSSR count).